The van der Waals surface area contributed by atoms with Gasteiger partial charge in [-0.2, -0.15) is 0 Å². The fourth-order valence-corrected chi connectivity index (χ4v) is 9.93. The number of aryl methyl sites for hydroxylation is 1. The topological polar surface area (TPSA) is 101 Å². The van der Waals surface area contributed by atoms with Gasteiger partial charge in [-0.15, -0.1) is 11.3 Å². The van der Waals surface area contributed by atoms with E-state index in [0.29, 0.717) is 12.3 Å². The molecule has 0 fully saturated rings. The molecule has 0 amide bonds. The molecule has 0 aliphatic carbocycles. The molecular weight excluding hydrogens is 785 g/mol. The van der Waals surface area contributed by atoms with Crippen LogP contribution in [0.5, 0.6) is 0 Å². The van der Waals surface area contributed by atoms with E-state index in [2.05, 4.69) is 57.1 Å². The van der Waals surface area contributed by atoms with E-state index in [1.165, 1.54) is 5.57 Å². The first kappa shape index (κ1) is 50.3. The number of halogens is 3. The predicted octanol–water partition coefficient (Wildman–Crippen LogP) is 12.7. The van der Waals surface area contributed by atoms with Crippen LogP contribution in [0.4, 0.5) is 4.79 Å². The van der Waals surface area contributed by atoms with Crippen LogP contribution >= 0.6 is 46.1 Å². The highest BCUT2D eigenvalue weighted by Gasteiger charge is 2.48. The molecular formula is C41H66Cl3NO7SSi. The van der Waals surface area contributed by atoms with Crippen LogP contribution in [0.1, 0.15) is 120 Å². The summed E-state index contributed by atoms with van der Waals surface area (Å²) < 4.78 is 21.7. The molecule has 1 aromatic heterocycles. The van der Waals surface area contributed by atoms with Crippen LogP contribution in [0, 0.1) is 30.1 Å². The van der Waals surface area contributed by atoms with Gasteiger partial charge in [-0.25, -0.2) is 9.78 Å². The van der Waals surface area contributed by atoms with Crippen molar-refractivity contribution in [1.82, 2.24) is 4.98 Å². The van der Waals surface area contributed by atoms with Gasteiger partial charge in [0.2, 0.25) is 3.79 Å². The summed E-state index contributed by atoms with van der Waals surface area (Å²) in [5.74, 6) is -1.42. The third-order valence-electron chi connectivity index (χ3n) is 10.1. The van der Waals surface area contributed by atoms with Gasteiger partial charge in [0.1, 0.15) is 24.1 Å². The lowest BCUT2D eigenvalue weighted by Crippen LogP contribution is -2.52. The van der Waals surface area contributed by atoms with Gasteiger partial charge in [0.15, 0.2) is 8.32 Å². The van der Waals surface area contributed by atoms with Crippen LogP contribution in [-0.4, -0.2) is 59.4 Å². The van der Waals surface area contributed by atoms with Gasteiger partial charge in [-0.1, -0.05) is 120 Å². The van der Waals surface area contributed by atoms with E-state index in [0.717, 1.165) is 40.8 Å². The van der Waals surface area contributed by atoms with Gasteiger partial charge in [0.05, 0.1) is 29.1 Å². The SMILES string of the molecule is CC[Si](CC)(CC)OC(CC(=O)OC(C)(C)C)C(C)(C)C(=O)[C@H](C)C(OC(=O)OCC(Cl)(Cl)Cl)[C@@H](C)C/C=C/C(C)=C\C[C@H](C)/C(C)=C/c1csc(C)n1. The van der Waals surface area contributed by atoms with Gasteiger partial charge in [-0.05, 0) is 90.4 Å². The smallest absolute Gasteiger partial charge is 0.460 e. The summed E-state index contributed by atoms with van der Waals surface area (Å²) in [6, 6.07) is 2.51. The Hall–Kier alpha value is -1.69. The van der Waals surface area contributed by atoms with Gasteiger partial charge in [-0.3, -0.25) is 9.59 Å². The average molecular weight is 851 g/mol. The molecule has 0 aromatic carbocycles. The molecule has 0 radical (unpaired) electrons. The first-order chi connectivity index (χ1) is 24.8. The lowest BCUT2D eigenvalue weighted by molar-refractivity contribution is -0.159. The van der Waals surface area contributed by atoms with Crippen molar-refractivity contribution in [3.63, 3.8) is 0 Å². The molecule has 2 unspecified atom stereocenters. The summed E-state index contributed by atoms with van der Waals surface area (Å²) in [5.41, 5.74) is 1.50. The van der Waals surface area contributed by atoms with Crippen molar-refractivity contribution in [2.45, 2.75) is 156 Å². The van der Waals surface area contributed by atoms with Gasteiger partial charge in [0, 0.05) is 10.8 Å². The molecule has 0 spiro atoms. The summed E-state index contributed by atoms with van der Waals surface area (Å²) in [4.78, 5) is 45.4. The number of carbonyl (C=O) groups excluding carboxylic acids is 3. The highest BCUT2D eigenvalue weighted by Crippen LogP contribution is 2.38. The number of hydrogen-bond acceptors (Lipinski definition) is 9. The highest BCUT2D eigenvalue weighted by molar-refractivity contribution is 7.09. The molecule has 5 atom stereocenters. The Kier molecular flexibility index (Phi) is 20.8. The van der Waals surface area contributed by atoms with Crippen LogP contribution in [0.25, 0.3) is 6.08 Å². The summed E-state index contributed by atoms with van der Waals surface area (Å²) in [7, 11) is -2.29. The molecule has 0 N–H and O–H groups in total. The Balaban J connectivity index is 3.36. The standard InChI is InChI=1S/C41H66Cl3NO7SSi/c1-15-54(16-2,17-3)52-34(24-35(46)51-39(10,11)12)40(13,14)37(47)31(8)36(50-38(48)49-26-41(42,43)44)29(6)20-18-19-27(4)21-22-28(5)30(7)23-33-25-53-32(9)45-33/h18-19,21,23,25,28-29,31,34,36H,15-17,20,22,24,26H2,1-14H3/b19-18+,27-21-,30-23+/t28-,29-,31+,34?,36?/m0/s1. The van der Waals surface area contributed by atoms with Crippen LogP contribution in [0.3, 0.4) is 0 Å². The maximum absolute atomic E-state index is 14.6. The first-order valence-corrected chi connectivity index (χ1v) is 23.6. The molecule has 1 aromatic rings. The van der Waals surface area contributed by atoms with Crippen LogP contribution in [0.2, 0.25) is 18.1 Å². The Labute approximate surface area is 345 Å². The number of alkyl halides is 3. The number of ether oxygens (including phenoxy) is 3. The third kappa shape index (κ3) is 17.6. The number of thiazole rings is 1. The van der Waals surface area contributed by atoms with Crippen molar-refractivity contribution in [2.24, 2.45) is 23.2 Å². The zero-order chi connectivity index (χ0) is 41.7. The van der Waals surface area contributed by atoms with Crippen molar-refractivity contribution in [3.05, 3.63) is 45.5 Å². The Morgan fingerprint density at radius 2 is 1.56 bits per heavy atom. The van der Waals surface area contributed by atoms with Crippen LogP contribution < -0.4 is 0 Å². The second kappa shape index (κ2) is 22.3. The maximum Gasteiger partial charge on any atom is 0.508 e. The minimum atomic E-state index is -2.29. The minimum absolute atomic E-state index is 0.0866. The number of hydrogen-bond donors (Lipinski definition) is 0. The second-order valence-corrected chi connectivity index (χ2v) is 24.4. The summed E-state index contributed by atoms with van der Waals surface area (Å²) in [5, 5.41) is 3.11. The van der Waals surface area contributed by atoms with E-state index >= 15 is 0 Å². The molecule has 54 heavy (non-hydrogen) atoms. The molecule has 1 heterocycles. The second-order valence-electron chi connectivity index (χ2n) is 16.1. The van der Waals surface area contributed by atoms with Gasteiger partial charge >= 0.3 is 12.1 Å². The molecule has 0 saturated heterocycles. The van der Waals surface area contributed by atoms with Crippen molar-refractivity contribution >= 4 is 78.4 Å². The number of Topliss-reactive ketones (excluding diaryl/α,β-unsaturated/α-hetero) is 1. The van der Waals surface area contributed by atoms with Crippen molar-refractivity contribution in [1.29, 1.82) is 0 Å². The number of allylic oxidation sites excluding steroid dienone is 5. The fourth-order valence-electron chi connectivity index (χ4n) is 6.21. The molecule has 0 bridgehead atoms. The molecule has 13 heteroatoms. The zero-order valence-electron chi connectivity index (χ0n) is 35.1. The molecule has 0 saturated carbocycles. The summed E-state index contributed by atoms with van der Waals surface area (Å²) >= 11 is 19.1. The van der Waals surface area contributed by atoms with E-state index < -0.39 is 60.0 Å². The number of carbonyl (C=O) groups is 3. The van der Waals surface area contributed by atoms with Crippen molar-refractivity contribution in [3.8, 4) is 0 Å². The largest absolute Gasteiger partial charge is 0.508 e. The Morgan fingerprint density at radius 1 is 0.963 bits per heavy atom. The van der Waals surface area contributed by atoms with Gasteiger partial charge in [0.25, 0.3) is 0 Å². The molecule has 8 nitrogen and oxygen atoms in total. The van der Waals surface area contributed by atoms with E-state index in [9.17, 15) is 14.4 Å². The Morgan fingerprint density at radius 3 is 2.06 bits per heavy atom. The van der Waals surface area contributed by atoms with E-state index in [1.54, 1.807) is 32.1 Å². The monoisotopic (exact) mass is 849 g/mol. The highest BCUT2D eigenvalue weighted by atomic mass is 35.6. The quantitative estimate of drug-likeness (QED) is 0.0522. The molecule has 0 aliphatic rings. The number of ketones is 1. The van der Waals surface area contributed by atoms with Gasteiger partial charge < -0.3 is 18.6 Å². The van der Waals surface area contributed by atoms with Crippen molar-refractivity contribution in [2.75, 3.05) is 6.61 Å². The van der Waals surface area contributed by atoms with E-state index in [4.69, 9.17) is 53.4 Å². The lowest BCUT2D eigenvalue weighted by atomic mass is 9.73. The maximum atomic E-state index is 14.6. The summed E-state index contributed by atoms with van der Waals surface area (Å²) in [6.07, 6.45) is 6.97. The average Bonchev–Trinajstić information content (AvgIpc) is 3.48. The van der Waals surface area contributed by atoms with E-state index in [1.807, 2.05) is 53.7 Å². The number of aromatic nitrogens is 1. The van der Waals surface area contributed by atoms with E-state index in [-0.39, 0.29) is 18.1 Å². The number of esters is 1. The summed E-state index contributed by atoms with van der Waals surface area (Å²) in [6.45, 7) is 26.8. The first-order valence-electron chi connectivity index (χ1n) is 19.1. The predicted molar refractivity (Wildman–Crippen MR) is 228 cm³/mol. The zero-order valence-corrected chi connectivity index (χ0v) is 39.2. The molecule has 1 rings (SSSR count). The minimum Gasteiger partial charge on any atom is -0.460 e. The third-order valence-corrected chi connectivity index (χ3v) is 15.8. The number of rotatable bonds is 21. The molecule has 0 aliphatic heterocycles. The number of nitrogens with zero attached hydrogens (tertiary/aromatic N) is 1. The van der Waals surface area contributed by atoms with Crippen LogP contribution in [-0.2, 0) is 28.2 Å². The van der Waals surface area contributed by atoms with Crippen molar-refractivity contribution < 1.29 is 33.0 Å². The molecule has 308 valence electrons. The van der Waals surface area contributed by atoms with Crippen LogP contribution in [0.15, 0.2) is 34.8 Å². The lowest BCUT2D eigenvalue weighted by Gasteiger charge is -2.42. The normalized spacial score (nSPS) is 16.5. The fraction of sp³-hybridized carbons (Fsp3) is 0.707. The Bertz CT molecular complexity index is 1450.